The monoisotopic (exact) mass is 501 g/mol. The predicted octanol–water partition coefficient (Wildman–Crippen LogP) is 6.58. The fourth-order valence-electron chi connectivity index (χ4n) is 4.70. The Balaban J connectivity index is 0.00000148. The topological polar surface area (TPSA) is 56.4 Å². The molecule has 0 unspecified atom stereocenters. The summed E-state index contributed by atoms with van der Waals surface area (Å²) in [5, 5.41) is 0. The number of aromatic amines is 1. The Morgan fingerprint density at radius 3 is 2.25 bits per heavy atom. The maximum absolute atomic E-state index is 14.1. The number of fused-ring (bicyclic) bond motifs is 8. The van der Waals surface area contributed by atoms with E-state index in [-0.39, 0.29) is 17.8 Å². The van der Waals surface area contributed by atoms with Gasteiger partial charge in [-0.2, -0.15) is 13.2 Å². The van der Waals surface area contributed by atoms with E-state index < -0.39 is 23.5 Å². The molecule has 2 aromatic carbocycles. The summed E-state index contributed by atoms with van der Waals surface area (Å²) < 4.78 is 54.6. The van der Waals surface area contributed by atoms with Gasteiger partial charge < -0.3 is 9.88 Å². The fraction of sp³-hybridized carbons (Fsp3) is 0.333. The first-order chi connectivity index (χ1) is 17.2. The van der Waals surface area contributed by atoms with Crippen molar-refractivity contribution in [2.45, 2.75) is 52.1 Å². The van der Waals surface area contributed by atoms with E-state index in [1.165, 1.54) is 35.2 Å². The maximum Gasteiger partial charge on any atom is 0.416 e. The number of hydrogen-bond donors (Lipinski definition) is 1. The normalized spacial score (nSPS) is 15.4. The molecule has 1 amide bonds. The molecular formula is C27H27F4N3O2. The minimum Gasteiger partial charge on any atom is -0.324 e. The second-order valence-corrected chi connectivity index (χ2v) is 8.55. The highest BCUT2D eigenvalue weighted by Crippen LogP contribution is 2.41. The molecule has 0 saturated carbocycles. The Morgan fingerprint density at radius 2 is 1.50 bits per heavy atom. The number of nitrogens with zero attached hydrogens (tertiary/aromatic N) is 2. The van der Waals surface area contributed by atoms with Crippen molar-refractivity contribution in [1.82, 2.24) is 4.98 Å². The molecule has 190 valence electrons. The number of pyridine rings is 1. The van der Waals surface area contributed by atoms with Crippen molar-refractivity contribution in [3.05, 3.63) is 87.1 Å². The predicted molar refractivity (Wildman–Crippen MR) is 131 cm³/mol. The van der Waals surface area contributed by atoms with Gasteiger partial charge in [0.1, 0.15) is 12.5 Å². The molecule has 2 aliphatic heterocycles. The van der Waals surface area contributed by atoms with Gasteiger partial charge in [-0.25, -0.2) is 4.39 Å². The van der Waals surface area contributed by atoms with Crippen molar-refractivity contribution in [3.63, 3.8) is 0 Å². The molecule has 1 N–H and O–H groups in total. The van der Waals surface area contributed by atoms with Crippen molar-refractivity contribution in [3.8, 4) is 0 Å². The smallest absolute Gasteiger partial charge is 0.324 e. The van der Waals surface area contributed by atoms with Crippen LogP contribution in [-0.4, -0.2) is 17.6 Å². The van der Waals surface area contributed by atoms with E-state index >= 15 is 0 Å². The van der Waals surface area contributed by atoms with Gasteiger partial charge >= 0.3 is 6.18 Å². The number of nitrogens with one attached hydrogen (secondary N) is 1. The Hall–Kier alpha value is -3.62. The third-order valence-electron chi connectivity index (χ3n) is 6.34. The minimum atomic E-state index is -4.62. The van der Waals surface area contributed by atoms with Crippen LogP contribution >= 0.6 is 0 Å². The van der Waals surface area contributed by atoms with E-state index in [1.807, 2.05) is 13.8 Å². The van der Waals surface area contributed by atoms with Crippen LogP contribution in [0.3, 0.4) is 0 Å². The second-order valence-electron chi connectivity index (χ2n) is 8.55. The van der Waals surface area contributed by atoms with Gasteiger partial charge in [-0.15, -0.1) is 0 Å². The van der Waals surface area contributed by atoms with Crippen LogP contribution in [0.2, 0.25) is 0 Å². The molecule has 5 rings (SSSR count). The lowest BCUT2D eigenvalue weighted by atomic mass is 9.98. The summed E-state index contributed by atoms with van der Waals surface area (Å²) in [7, 11) is 0. The Morgan fingerprint density at radius 1 is 0.806 bits per heavy atom. The van der Waals surface area contributed by atoms with Crippen molar-refractivity contribution in [2.75, 3.05) is 16.5 Å². The third-order valence-corrected chi connectivity index (χ3v) is 6.34. The molecule has 3 heterocycles. The molecule has 0 radical (unpaired) electrons. The molecule has 2 aliphatic rings. The van der Waals surface area contributed by atoms with E-state index in [0.29, 0.717) is 35.6 Å². The number of hydrogen-bond acceptors (Lipinski definition) is 3. The highest BCUT2D eigenvalue weighted by Gasteiger charge is 2.37. The van der Waals surface area contributed by atoms with Gasteiger partial charge in [0.15, 0.2) is 0 Å². The number of aromatic nitrogens is 1. The van der Waals surface area contributed by atoms with Crippen LogP contribution in [0.1, 0.15) is 60.3 Å². The van der Waals surface area contributed by atoms with E-state index in [1.54, 1.807) is 11.0 Å². The van der Waals surface area contributed by atoms with Crippen LogP contribution in [-0.2, 0) is 19.0 Å². The second kappa shape index (κ2) is 10.2. The van der Waals surface area contributed by atoms with Gasteiger partial charge in [0.25, 0.3) is 5.91 Å². The van der Waals surface area contributed by atoms with E-state index in [0.717, 1.165) is 37.0 Å². The average Bonchev–Trinajstić information content (AvgIpc) is 2.85. The molecule has 0 aliphatic carbocycles. The van der Waals surface area contributed by atoms with E-state index in [2.05, 4.69) is 4.98 Å². The van der Waals surface area contributed by atoms with Crippen molar-refractivity contribution >= 4 is 23.0 Å². The van der Waals surface area contributed by atoms with Gasteiger partial charge in [0.05, 0.1) is 22.5 Å². The number of rotatable bonds is 0. The van der Waals surface area contributed by atoms with Crippen LogP contribution < -0.4 is 15.4 Å². The first kappa shape index (κ1) is 25.5. The van der Waals surface area contributed by atoms with Crippen LogP contribution in [0, 0.1) is 5.82 Å². The molecule has 0 spiro atoms. The van der Waals surface area contributed by atoms with Gasteiger partial charge in [0.2, 0.25) is 5.56 Å². The van der Waals surface area contributed by atoms with Crippen LogP contribution in [0.4, 0.5) is 34.6 Å². The SMILES string of the molecule is CC.O=C1c2cc(C(F)(F)F)ccc2N2CN1c1ccc(=O)[nH]c1CCCCCc1cc(F)ccc12. The quantitative estimate of drug-likeness (QED) is 0.354. The van der Waals surface area contributed by atoms with Crippen molar-refractivity contribution in [2.24, 2.45) is 0 Å². The lowest BCUT2D eigenvalue weighted by molar-refractivity contribution is -0.137. The molecule has 0 saturated heterocycles. The Bertz CT molecular complexity index is 1330. The number of halogens is 4. The zero-order valence-electron chi connectivity index (χ0n) is 20.1. The standard InChI is InChI=1S/C25H21F4N3O2.C2H6/c26-17-7-9-20-15(12-17)4-2-1-3-5-19-22(10-11-23(33)30-19)32-14-31(20)21-8-6-16(25(27,28)29)13-18(21)24(32)34;1-2/h6-13H,1-5,14H2,(H,30,33);1-2H3. The lowest BCUT2D eigenvalue weighted by Gasteiger charge is -2.40. The number of carbonyl (C=O) groups is 1. The number of carbonyl (C=O) groups excluding carboxylic acids is 1. The molecule has 36 heavy (non-hydrogen) atoms. The molecule has 2 bridgehead atoms. The van der Waals surface area contributed by atoms with Gasteiger partial charge in [-0.1, -0.05) is 20.3 Å². The summed E-state index contributed by atoms with van der Waals surface area (Å²) in [6, 6.07) is 10.3. The van der Waals surface area contributed by atoms with Crippen molar-refractivity contribution < 1.29 is 22.4 Å². The summed E-state index contributed by atoms with van der Waals surface area (Å²) in [5.41, 5.74) is 1.35. The highest BCUT2D eigenvalue weighted by atomic mass is 19.4. The summed E-state index contributed by atoms with van der Waals surface area (Å²) in [5.74, 6) is -0.988. The molecule has 9 heteroatoms. The van der Waals surface area contributed by atoms with Crippen LogP contribution in [0.25, 0.3) is 0 Å². The molecular weight excluding hydrogens is 474 g/mol. The zero-order valence-corrected chi connectivity index (χ0v) is 20.1. The van der Waals surface area contributed by atoms with E-state index in [4.69, 9.17) is 0 Å². The first-order valence-electron chi connectivity index (χ1n) is 12.0. The number of alkyl halides is 3. The zero-order chi connectivity index (χ0) is 26.0. The van der Waals surface area contributed by atoms with E-state index in [9.17, 15) is 27.2 Å². The summed E-state index contributed by atoms with van der Waals surface area (Å²) >= 11 is 0. The minimum absolute atomic E-state index is 0.00880. The number of benzene rings is 2. The maximum atomic E-state index is 14.1. The average molecular weight is 502 g/mol. The molecule has 1 aromatic heterocycles. The molecule has 5 nitrogen and oxygen atoms in total. The summed E-state index contributed by atoms with van der Waals surface area (Å²) in [4.78, 5) is 31.4. The van der Waals surface area contributed by atoms with Gasteiger partial charge in [-0.3, -0.25) is 14.5 Å². The van der Waals surface area contributed by atoms with Crippen LogP contribution in [0.15, 0.2) is 53.3 Å². The Kier molecular flexibility index (Phi) is 7.19. The summed E-state index contributed by atoms with van der Waals surface area (Å²) in [6.45, 7) is 4.01. The van der Waals surface area contributed by atoms with Gasteiger partial charge in [-0.05, 0) is 73.7 Å². The van der Waals surface area contributed by atoms with Crippen molar-refractivity contribution in [1.29, 1.82) is 0 Å². The number of amides is 1. The molecule has 0 fully saturated rings. The van der Waals surface area contributed by atoms with Gasteiger partial charge in [0, 0.05) is 17.4 Å². The highest BCUT2D eigenvalue weighted by molar-refractivity contribution is 6.13. The largest absolute Gasteiger partial charge is 0.416 e. The van der Waals surface area contributed by atoms with Crippen LogP contribution in [0.5, 0.6) is 0 Å². The molecule has 3 aromatic rings. The number of H-pyrrole nitrogens is 1. The molecule has 0 atom stereocenters. The third kappa shape index (κ3) is 4.87. The Labute approximate surface area is 206 Å². The first-order valence-corrected chi connectivity index (χ1v) is 12.0. The summed E-state index contributed by atoms with van der Waals surface area (Å²) in [6.07, 6.45) is -1.21. The number of anilines is 3. The lowest BCUT2D eigenvalue weighted by Crippen LogP contribution is -2.46. The fourth-order valence-corrected chi connectivity index (χ4v) is 4.70. The number of aryl methyl sites for hydroxylation is 2.